The van der Waals surface area contributed by atoms with Crippen LogP contribution in [0, 0.1) is 0 Å². The number of rotatable bonds is 10. The van der Waals surface area contributed by atoms with E-state index in [1.54, 1.807) is 12.1 Å². The van der Waals surface area contributed by atoms with Gasteiger partial charge in [0.15, 0.2) is 11.5 Å². The van der Waals surface area contributed by atoms with Crippen molar-refractivity contribution in [3.63, 3.8) is 0 Å². The minimum absolute atomic E-state index is 0.179. The summed E-state index contributed by atoms with van der Waals surface area (Å²) in [7, 11) is 1.53. The first-order chi connectivity index (χ1) is 12.1. The van der Waals surface area contributed by atoms with E-state index in [1.807, 2.05) is 0 Å². The molecule has 7 nitrogen and oxygen atoms in total. The normalized spacial score (nSPS) is 12.5. The summed E-state index contributed by atoms with van der Waals surface area (Å²) in [5.74, 6) is 0.616. The van der Waals surface area contributed by atoms with Gasteiger partial charge in [0.05, 0.1) is 7.11 Å². The number of amides is 1. The lowest BCUT2D eigenvalue weighted by Crippen LogP contribution is -2.25. The van der Waals surface area contributed by atoms with Crippen LogP contribution in [0.5, 0.6) is 17.2 Å². The van der Waals surface area contributed by atoms with Crippen LogP contribution >= 0.6 is 0 Å². The Kier molecular flexibility index (Phi) is 7.37. The molecule has 0 aromatic heterocycles. The van der Waals surface area contributed by atoms with E-state index in [0.29, 0.717) is 49.0 Å². The summed E-state index contributed by atoms with van der Waals surface area (Å²) < 4.78 is 16.3. The number of ether oxygens (including phenoxy) is 3. The third kappa shape index (κ3) is 5.85. The summed E-state index contributed by atoms with van der Waals surface area (Å²) in [5.41, 5.74) is 0.475. The Bertz CT molecular complexity index is 584. The number of unbranched alkanes of at least 4 members (excludes halogenated alkanes) is 4. The highest BCUT2D eigenvalue weighted by atomic mass is 16.6. The number of hydrogen-bond donors (Lipinski definition) is 2. The maximum absolute atomic E-state index is 12.3. The monoisotopic (exact) mass is 351 g/mol. The molecule has 0 spiro atoms. The Morgan fingerprint density at radius 3 is 2.60 bits per heavy atom. The Balaban J connectivity index is 1.75. The Hall–Kier alpha value is -2.44. The average molecular weight is 351 g/mol. The van der Waals surface area contributed by atoms with Crippen LogP contribution in [0.2, 0.25) is 0 Å². The fourth-order valence-corrected chi connectivity index (χ4v) is 2.64. The van der Waals surface area contributed by atoms with Crippen molar-refractivity contribution in [1.29, 1.82) is 0 Å². The molecular weight excluding hydrogens is 326 g/mol. The van der Waals surface area contributed by atoms with Crippen molar-refractivity contribution >= 4 is 11.9 Å². The molecule has 7 heteroatoms. The highest BCUT2D eigenvalue weighted by Gasteiger charge is 2.20. The molecule has 1 aromatic carbocycles. The van der Waals surface area contributed by atoms with Gasteiger partial charge in [0.1, 0.15) is 13.2 Å². The first-order valence-corrected chi connectivity index (χ1v) is 8.59. The smallest absolute Gasteiger partial charge is 0.303 e. The Labute approximate surface area is 147 Å². The van der Waals surface area contributed by atoms with E-state index in [9.17, 15) is 9.59 Å². The van der Waals surface area contributed by atoms with Crippen LogP contribution in [-0.4, -0.2) is 43.9 Å². The number of hydrogen-bond acceptors (Lipinski definition) is 5. The predicted octanol–water partition coefficient (Wildman–Crippen LogP) is 2.62. The number of fused-ring (bicyclic) bond motifs is 1. The fourth-order valence-electron chi connectivity index (χ4n) is 2.64. The number of carbonyl (C=O) groups excluding carboxylic acids is 1. The van der Waals surface area contributed by atoms with E-state index < -0.39 is 5.97 Å². The minimum atomic E-state index is -0.748. The van der Waals surface area contributed by atoms with Gasteiger partial charge in [0.2, 0.25) is 5.75 Å². The van der Waals surface area contributed by atoms with Gasteiger partial charge in [-0.15, -0.1) is 0 Å². The molecule has 25 heavy (non-hydrogen) atoms. The molecule has 2 N–H and O–H groups in total. The second-order valence-electron chi connectivity index (χ2n) is 5.87. The van der Waals surface area contributed by atoms with E-state index in [2.05, 4.69) is 5.32 Å². The topological polar surface area (TPSA) is 94.1 Å². The Morgan fingerprint density at radius 1 is 1.12 bits per heavy atom. The van der Waals surface area contributed by atoms with Crippen molar-refractivity contribution < 1.29 is 28.9 Å². The zero-order chi connectivity index (χ0) is 18.1. The highest BCUT2D eigenvalue weighted by Crippen LogP contribution is 2.40. The van der Waals surface area contributed by atoms with Gasteiger partial charge in [0.25, 0.3) is 5.91 Å². The molecule has 1 aliphatic rings. The molecular formula is C18H25NO6. The lowest BCUT2D eigenvalue weighted by Gasteiger charge is -2.21. The number of aliphatic carboxylic acids is 1. The van der Waals surface area contributed by atoms with E-state index in [-0.39, 0.29) is 12.3 Å². The van der Waals surface area contributed by atoms with Crippen LogP contribution in [0.1, 0.15) is 48.9 Å². The number of carboxylic acid groups (broad SMARTS) is 1. The minimum Gasteiger partial charge on any atom is -0.493 e. The molecule has 1 heterocycles. The second-order valence-corrected chi connectivity index (χ2v) is 5.87. The number of carboxylic acids is 1. The van der Waals surface area contributed by atoms with Crippen LogP contribution in [0.4, 0.5) is 0 Å². The van der Waals surface area contributed by atoms with Crippen LogP contribution in [-0.2, 0) is 4.79 Å². The van der Waals surface area contributed by atoms with Crippen molar-refractivity contribution in [2.75, 3.05) is 26.9 Å². The molecule has 1 aromatic rings. The Morgan fingerprint density at radius 2 is 1.84 bits per heavy atom. The van der Waals surface area contributed by atoms with Crippen molar-refractivity contribution in [1.82, 2.24) is 5.32 Å². The van der Waals surface area contributed by atoms with Gasteiger partial charge in [-0.2, -0.15) is 0 Å². The largest absolute Gasteiger partial charge is 0.493 e. The summed E-state index contributed by atoms with van der Waals surface area (Å²) in [4.78, 5) is 22.7. The predicted molar refractivity (Wildman–Crippen MR) is 91.7 cm³/mol. The maximum atomic E-state index is 12.3. The van der Waals surface area contributed by atoms with Gasteiger partial charge in [-0.05, 0) is 25.0 Å². The van der Waals surface area contributed by atoms with Crippen LogP contribution < -0.4 is 19.5 Å². The highest BCUT2D eigenvalue weighted by molar-refractivity contribution is 5.95. The lowest BCUT2D eigenvalue weighted by atomic mass is 10.1. The van der Waals surface area contributed by atoms with E-state index in [0.717, 1.165) is 25.7 Å². The van der Waals surface area contributed by atoms with Gasteiger partial charge in [-0.25, -0.2) is 0 Å². The third-order valence-electron chi connectivity index (χ3n) is 3.94. The molecule has 0 radical (unpaired) electrons. The molecule has 138 valence electrons. The van der Waals surface area contributed by atoms with Gasteiger partial charge in [-0.1, -0.05) is 19.3 Å². The molecule has 1 aliphatic heterocycles. The van der Waals surface area contributed by atoms with E-state index in [4.69, 9.17) is 19.3 Å². The average Bonchev–Trinajstić information content (AvgIpc) is 2.62. The number of carbonyl (C=O) groups is 2. The molecule has 0 fully saturated rings. The zero-order valence-corrected chi connectivity index (χ0v) is 14.5. The van der Waals surface area contributed by atoms with Gasteiger partial charge < -0.3 is 24.6 Å². The SMILES string of the molecule is COc1cc(C(=O)NCCCCCCCC(=O)O)cc2c1OCCO2. The third-order valence-corrected chi connectivity index (χ3v) is 3.94. The standard InChI is InChI=1S/C18H25NO6/c1-23-14-11-13(12-15-17(14)25-10-9-24-15)18(22)19-8-6-4-2-3-5-7-16(20)21/h11-12H,2-10H2,1H3,(H,19,22)(H,20,21). The summed E-state index contributed by atoms with van der Waals surface area (Å²) in [6.07, 6.45) is 4.63. The van der Waals surface area contributed by atoms with E-state index >= 15 is 0 Å². The molecule has 0 saturated heterocycles. The van der Waals surface area contributed by atoms with Gasteiger partial charge >= 0.3 is 5.97 Å². The molecule has 2 rings (SSSR count). The number of nitrogens with one attached hydrogen (secondary N) is 1. The molecule has 0 atom stereocenters. The zero-order valence-electron chi connectivity index (χ0n) is 14.5. The van der Waals surface area contributed by atoms with Crippen LogP contribution in [0.15, 0.2) is 12.1 Å². The number of methoxy groups -OCH3 is 1. The summed E-state index contributed by atoms with van der Waals surface area (Å²) in [6.45, 7) is 1.49. The lowest BCUT2D eigenvalue weighted by molar-refractivity contribution is -0.137. The summed E-state index contributed by atoms with van der Waals surface area (Å²) in [6, 6.07) is 3.31. The molecule has 0 saturated carbocycles. The van der Waals surface area contributed by atoms with Crippen molar-refractivity contribution in [2.45, 2.75) is 38.5 Å². The van der Waals surface area contributed by atoms with Crippen LogP contribution in [0.25, 0.3) is 0 Å². The maximum Gasteiger partial charge on any atom is 0.303 e. The first-order valence-electron chi connectivity index (χ1n) is 8.59. The van der Waals surface area contributed by atoms with Crippen molar-refractivity contribution in [2.24, 2.45) is 0 Å². The fraction of sp³-hybridized carbons (Fsp3) is 0.556. The van der Waals surface area contributed by atoms with Gasteiger partial charge in [0, 0.05) is 18.5 Å². The molecule has 1 amide bonds. The molecule has 0 bridgehead atoms. The molecule has 0 unspecified atom stereocenters. The first kappa shape index (κ1) is 18.9. The quantitative estimate of drug-likeness (QED) is 0.629. The summed E-state index contributed by atoms with van der Waals surface area (Å²) in [5, 5.41) is 11.4. The van der Waals surface area contributed by atoms with Crippen LogP contribution in [0.3, 0.4) is 0 Å². The molecule has 0 aliphatic carbocycles. The van der Waals surface area contributed by atoms with Crippen molar-refractivity contribution in [3.8, 4) is 17.2 Å². The van der Waals surface area contributed by atoms with E-state index in [1.165, 1.54) is 7.11 Å². The number of benzene rings is 1. The van der Waals surface area contributed by atoms with Gasteiger partial charge in [-0.3, -0.25) is 9.59 Å². The van der Waals surface area contributed by atoms with Crippen molar-refractivity contribution in [3.05, 3.63) is 17.7 Å². The summed E-state index contributed by atoms with van der Waals surface area (Å²) >= 11 is 0. The second kappa shape index (κ2) is 9.76.